The minimum Gasteiger partial charge on any atom is -0.303 e. The summed E-state index contributed by atoms with van der Waals surface area (Å²) >= 11 is 0. The predicted molar refractivity (Wildman–Crippen MR) is 58.2 cm³/mol. The summed E-state index contributed by atoms with van der Waals surface area (Å²) in [5.41, 5.74) is 1.43. The molecular weight excluding hydrogens is 238 g/mol. The molecule has 0 radical (unpaired) electrons. The molecule has 0 aliphatic heterocycles. The summed E-state index contributed by atoms with van der Waals surface area (Å²) in [5.74, 6) is 0. The molecule has 0 aliphatic carbocycles. The molecule has 0 unspecified atom stereocenters. The second kappa shape index (κ2) is 10.5. The fraction of sp³-hybridized carbons (Fsp3) is 0.400. The molecule has 0 bridgehead atoms. The maximum atomic E-state index is 8.88. The largest absolute Gasteiger partial charge is 1.00 e. The maximum absolute atomic E-state index is 8.88. The van der Waals surface area contributed by atoms with Crippen molar-refractivity contribution in [3.63, 3.8) is 0 Å². The first-order valence-corrected chi connectivity index (χ1v) is 6.23. The normalized spacial score (nSPS) is 9.75. The number of phosphoric acid groups is 1. The molecule has 1 aromatic carbocycles. The monoisotopic (exact) mass is 254 g/mol. The quantitative estimate of drug-likeness (QED) is 0.364. The van der Waals surface area contributed by atoms with Crippen LogP contribution in [-0.4, -0.2) is 14.7 Å². The maximum Gasteiger partial charge on any atom is 1.00 e. The summed E-state index contributed by atoms with van der Waals surface area (Å²) in [6.07, 6.45) is 3.79. The third-order valence-corrected chi connectivity index (χ3v) is 1.61. The van der Waals surface area contributed by atoms with Crippen molar-refractivity contribution in [3.05, 3.63) is 35.9 Å². The first-order chi connectivity index (χ1) is 6.93. The van der Waals surface area contributed by atoms with Gasteiger partial charge in [0.25, 0.3) is 0 Å². The summed E-state index contributed by atoms with van der Waals surface area (Å²) in [7, 11) is -4.64. The molecule has 0 saturated carbocycles. The zero-order valence-electron chi connectivity index (χ0n) is 9.63. The van der Waals surface area contributed by atoms with Crippen LogP contribution in [0.1, 0.15) is 25.3 Å². The third-order valence-electron chi connectivity index (χ3n) is 1.61. The summed E-state index contributed by atoms with van der Waals surface area (Å²) in [6.45, 7) is 2.22. The molecule has 0 aliphatic rings. The van der Waals surface area contributed by atoms with Crippen LogP contribution in [-0.2, 0) is 11.0 Å². The van der Waals surface area contributed by atoms with E-state index in [0.29, 0.717) is 0 Å². The van der Waals surface area contributed by atoms with Crippen LogP contribution in [0.25, 0.3) is 0 Å². The van der Waals surface area contributed by atoms with Gasteiger partial charge in [0.1, 0.15) is 0 Å². The van der Waals surface area contributed by atoms with Gasteiger partial charge in [-0.3, -0.25) is 0 Å². The van der Waals surface area contributed by atoms with E-state index >= 15 is 0 Å². The molecular formula is C10H16NaO4P. The average molecular weight is 254 g/mol. The second-order valence-corrected chi connectivity index (χ2v) is 4.05. The van der Waals surface area contributed by atoms with Crippen LogP contribution in [0.5, 0.6) is 0 Å². The smallest absolute Gasteiger partial charge is 0.303 e. The Kier molecular flexibility index (Phi) is 12.2. The Hall–Kier alpha value is 0.330. The van der Waals surface area contributed by atoms with Gasteiger partial charge in [0, 0.05) is 0 Å². The number of benzene rings is 1. The van der Waals surface area contributed by atoms with Crippen molar-refractivity contribution in [2.75, 3.05) is 0 Å². The van der Waals surface area contributed by atoms with Crippen LogP contribution in [0.3, 0.4) is 0 Å². The number of hydrogen-bond donors (Lipinski definition) is 3. The van der Waals surface area contributed by atoms with E-state index in [2.05, 4.69) is 25.1 Å². The Balaban J connectivity index is 0. The van der Waals surface area contributed by atoms with Gasteiger partial charge in [0.05, 0.1) is 0 Å². The Bertz CT molecular complexity index is 291. The topological polar surface area (TPSA) is 77.8 Å². The van der Waals surface area contributed by atoms with Gasteiger partial charge in [-0.05, 0) is 0 Å². The molecule has 1 rings (SSSR count). The molecule has 0 amide bonds. The van der Waals surface area contributed by atoms with Gasteiger partial charge in [-0.15, -0.1) is 0 Å². The van der Waals surface area contributed by atoms with Gasteiger partial charge in [0.2, 0.25) is 0 Å². The van der Waals surface area contributed by atoms with Gasteiger partial charge in [-0.25, -0.2) is 4.57 Å². The zero-order chi connectivity index (χ0) is 11.7. The number of unbranched alkanes of at least 4 members (excludes halogenated alkanes) is 1. The molecule has 0 saturated heterocycles. The van der Waals surface area contributed by atoms with E-state index in [4.69, 9.17) is 19.2 Å². The van der Waals surface area contributed by atoms with Gasteiger partial charge in [0.15, 0.2) is 0 Å². The van der Waals surface area contributed by atoms with Crippen molar-refractivity contribution in [3.8, 4) is 0 Å². The number of aryl methyl sites for hydroxylation is 1. The first kappa shape index (κ1) is 18.7. The third kappa shape index (κ3) is 16.7. The van der Waals surface area contributed by atoms with E-state index in [-0.39, 0.29) is 29.6 Å². The molecule has 1 aromatic rings. The number of rotatable bonds is 3. The number of hydrogen-bond acceptors (Lipinski definition) is 1. The predicted octanol–water partition coefficient (Wildman–Crippen LogP) is -1.10. The van der Waals surface area contributed by atoms with E-state index in [1.54, 1.807) is 0 Å². The van der Waals surface area contributed by atoms with E-state index in [9.17, 15) is 0 Å². The molecule has 0 heterocycles. The van der Waals surface area contributed by atoms with Crippen LogP contribution in [0.4, 0.5) is 0 Å². The Morgan fingerprint density at radius 3 is 2.06 bits per heavy atom. The first-order valence-electron chi connectivity index (χ1n) is 4.66. The summed E-state index contributed by atoms with van der Waals surface area (Å²) in [6, 6.07) is 11.2. The molecule has 86 valence electrons. The molecule has 4 nitrogen and oxygen atoms in total. The van der Waals surface area contributed by atoms with Crippen molar-refractivity contribution in [1.82, 2.24) is 0 Å². The van der Waals surface area contributed by atoms with Crippen molar-refractivity contribution in [2.24, 2.45) is 0 Å². The van der Waals surface area contributed by atoms with Crippen molar-refractivity contribution in [2.45, 2.75) is 26.2 Å². The van der Waals surface area contributed by atoms with E-state index < -0.39 is 7.82 Å². The molecule has 0 fully saturated rings. The van der Waals surface area contributed by atoms with Gasteiger partial charge in [-0.2, -0.15) is 35.9 Å². The Morgan fingerprint density at radius 1 is 1.25 bits per heavy atom. The van der Waals surface area contributed by atoms with Crippen LogP contribution in [0.15, 0.2) is 24.3 Å². The van der Waals surface area contributed by atoms with Crippen molar-refractivity contribution >= 4 is 7.82 Å². The molecule has 3 N–H and O–H groups in total. The Morgan fingerprint density at radius 2 is 1.69 bits per heavy atom. The fourth-order valence-corrected chi connectivity index (χ4v) is 0.969. The Labute approximate surface area is 118 Å². The van der Waals surface area contributed by atoms with Crippen LogP contribution >= 0.6 is 7.82 Å². The van der Waals surface area contributed by atoms with E-state index in [0.717, 1.165) is 0 Å². The van der Waals surface area contributed by atoms with Crippen LogP contribution in [0.2, 0.25) is 0 Å². The second-order valence-electron chi connectivity index (χ2n) is 3.03. The van der Waals surface area contributed by atoms with Crippen molar-refractivity contribution in [1.29, 1.82) is 0 Å². The average Bonchev–Trinajstić information content (AvgIpc) is 2.14. The molecule has 16 heavy (non-hydrogen) atoms. The molecule has 6 heteroatoms. The molecule has 0 atom stereocenters. The summed E-state index contributed by atoms with van der Waals surface area (Å²) in [5, 5.41) is 0. The summed E-state index contributed by atoms with van der Waals surface area (Å²) in [4.78, 5) is 21.6. The summed E-state index contributed by atoms with van der Waals surface area (Å²) < 4.78 is 8.88. The van der Waals surface area contributed by atoms with Crippen molar-refractivity contribution < 1.29 is 48.8 Å². The fourth-order valence-electron chi connectivity index (χ4n) is 0.969. The standard InChI is InChI=1S/C10H13.Na.H3O4P/c1-2-3-7-10-8-5-4-6-9-10;;1-5(2,3)4/h5-6,8-9H,2-3,7H2,1H3;;(H3,1,2,3,4)/q-1;+1;. The van der Waals surface area contributed by atoms with Crippen LogP contribution in [0, 0.1) is 6.07 Å². The minimum atomic E-state index is -4.64. The van der Waals surface area contributed by atoms with E-state index in [1.165, 1.54) is 24.8 Å². The van der Waals surface area contributed by atoms with Gasteiger partial charge < -0.3 is 14.7 Å². The SMILES string of the molecule is CCCCc1cc[c-]cc1.O=P(O)(O)O.[Na+]. The van der Waals surface area contributed by atoms with E-state index in [1.807, 2.05) is 12.1 Å². The van der Waals surface area contributed by atoms with Gasteiger partial charge >= 0.3 is 37.4 Å². The minimum absolute atomic E-state index is 0. The van der Waals surface area contributed by atoms with Gasteiger partial charge in [-0.1, -0.05) is 26.2 Å². The van der Waals surface area contributed by atoms with Crippen LogP contribution < -0.4 is 29.6 Å². The zero-order valence-corrected chi connectivity index (χ0v) is 12.5. The molecule has 0 aromatic heterocycles. The molecule has 0 spiro atoms.